The first-order chi connectivity index (χ1) is 13.5. The molecule has 0 fully saturated rings. The van der Waals surface area contributed by atoms with Crippen LogP contribution in [0.25, 0.3) is 21.3 Å². The van der Waals surface area contributed by atoms with Gasteiger partial charge in [0, 0.05) is 10.9 Å². The maximum absolute atomic E-state index is 12.8. The van der Waals surface area contributed by atoms with Gasteiger partial charge >= 0.3 is 0 Å². The van der Waals surface area contributed by atoms with Crippen LogP contribution in [-0.2, 0) is 11.3 Å². The van der Waals surface area contributed by atoms with Crippen LogP contribution in [0.2, 0.25) is 5.02 Å². The van der Waals surface area contributed by atoms with Crippen molar-refractivity contribution < 1.29 is 4.79 Å². The van der Waals surface area contributed by atoms with Crippen molar-refractivity contribution in [2.45, 2.75) is 13.5 Å². The van der Waals surface area contributed by atoms with Gasteiger partial charge in [-0.05, 0) is 24.6 Å². The summed E-state index contributed by atoms with van der Waals surface area (Å²) in [6, 6.07) is 15.0. The third kappa shape index (κ3) is 3.56. The average Bonchev–Trinajstić information content (AvgIpc) is 3.11. The number of amides is 1. The molecule has 2 aromatic heterocycles. The molecule has 1 N–H and O–H groups in total. The van der Waals surface area contributed by atoms with E-state index in [9.17, 15) is 9.59 Å². The van der Waals surface area contributed by atoms with Gasteiger partial charge in [0.1, 0.15) is 11.2 Å². The zero-order valence-corrected chi connectivity index (χ0v) is 16.6. The number of carbonyl (C=O) groups excluding carboxylic acids is 1. The maximum Gasteiger partial charge on any atom is 0.271 e. The number of anilines is 1. The second-order valence-corrected chi connectivity index (χ2v) is 7.69. The van der Waals surface area contributed by atoms with Gasteiger partial charge in [0.2, 0.25) is 5.91 Å². The lowest BCUT2D eigenvalue weighted by molar-refractivity contribution is -0.116. The lowest BCUT2D eigenvalue weighted by Gasteiger charge is -2.08. The van der Waals surface area contributed by atoms with Crippen molar-refractivity contribution in [1.82, 2.24) is 9.55 Å². The number of rotatable bonds is 4. The van der Waals surface area contributed by atoms with E-state index in [1.165, 1.54) is 27.8 Å². The number of nitrogens with zero attached hydrogens (tertiary/aromatic N) is 2. The molecule has 4 aromatic rings. The van der Waals surface area contributed by atoms with Gasteiger partial charge in [0.15, 0.2) is 0 Å². The monoisotopic (exact) mass is 409 g/mol. The Morgan fingerprint density at radius 2 is 1.93 bits per heavy atom. The van der Waals surface area contributed by atoms with Gasteiger partial charge in [-0.2, -0.15) is 0 Å². The van der Waals surface area contributed by atoms with E-state index in [1.54, 1.807) is 24.3 Å². The third-order valence-electron chi connectivity index (χ3n) is 4.37. The molecule has 5 nitrogen and oxygen atoms in total. The fraction of sp³-hybridized carbons (Fsp3) is 0.0952. The van der Waals surface area contributed by atoms with Crippen LogP contribution in [0.1, 0.15) is 5.56 Å². The number of aromatic nitrogens is 2. The molecule has 0 aliphatic rings. The van der Waals surface area contributed by atoms with E-state index in [0.29, 0.717) is 20.9 Å². The fourth-order valence-electron chi connectivity index (χ4n) is 2.90. The standard InChI is InChI=1S/C21H16ClN3O2S/c1-13-6-8-14(9-7-13)15-11-28-20-19(15)23-12-25(21(20)27)10-18(26)24-17-5-3-2-4-16(17)22/h2-9,11-12H,10H2,1H3,(H,24,26). The number of fused-ring (bicyclic) bond motifs is 1. The van der Waals surface area contributed by atoms with Gasteiger partial charge in [0.25, 0.3) is 5.56 Å². The Kier molecular flexibility index (Phi) is 4.98. The van der Waals surface area contributed by atoms with E-state index >= 15 is 0 Å². The molecule has 0 radical (unpaired) electrons. The van der Waals surface area contributed by atoms with Gasteiger partial charge < -0.3 is 5.32 Å². The highest BCUT2D eigenvalue weighted by molar-refractivity contribution is 7.17. The van der Waals surface area contributed by atoms with Crippen LogP contribution in [0.15, 0.2) is 65.0 Å². The Bertz CT molecular complexity index is 1230. The largest absolute Gasteiger partial charge is 0.323 e. The average molecular weight is 410 g/mol. The molecule has 2 heterocycles. The Morgan fingerprint density at radius 1 is 1.18 bits per heavy atom. The van der Waals surface area contributed by atoms with Crippen molar-refractivity contribution >= 4 is 44.7 Å². The van der Waals surface area contributed by atoms with Crippen molar-refractivity contribution in [2.75, 3.05) is 5.32 Å². The summed E-state index contributed by atoms with van der Waals surface area (Å²) in [5.41, 5.74) is 4.03. The molecule has 0 atom stereocenters. The molecule has 2 aromatic carbocycles. The first kappa shape index (κ1) is 18.4. The molecule has 0 unspecified atom stereocenters. The minimum atomic E-state index is -0.341. The number of hydrogen-bond donors (Lipinski definition) is 1. The number of benzene rings is 2. The SMILES string of the molecule is Cc1ccc(-c2csc3c(=O)n(CC(=O)Nc4ccccc4Cl)cnc23)cc1. The van der Waals surface area contributed by atoms with Crippen LogP contribution >= 0.6 is 22.9 Å². The number of nitrogens with one attached hydrogen (secondary N) is 1. The Hall–Kier alpha value is -2.96. The maximum atomic E-state index is 12.8. The Balaban J connectivity index is 1.62. The van der Waals surface area contributed by atoms with Gasteiger partial charge in [-0.15, -0.1) is 11.3 Å². The minimum absolute atomic E-state index is 0.134. The summed E-state index contributed by atoms with van der Waals surface area (Å²) in [7, 11) is 0. The topological polar surface area (TPSA) is 64.0 Å². The van der Waals surface area contributed by atoms with Crippen LogP contribution in [0.3, 0.4) is 0 Å². The summed E-state index contributed by atoms with van der Waals surface area (Å²) < 4.78 is 1.84. The van der Waals surface area contributed by atoms with Crippen molar-refractivity contribution in [1.29, 1.82) is 0 Å². The molecule has 4 rings (SSSR count). The molecule has 0 saturated carbocycles. The zero-order chi connectivity index (χ0) is 19.7. The number of para-hydroxylation sites is 1. The van der Waals surface area contributed by atoms with E-state index in [1.807, 2.05) is 36.6 Å². The van der Waals surface area contributed by atoms with Gasteiger partial charge in [0.05, 0.1) is 22.6 Å². The second kappa shape index (κ2) is 7.58. The van der Waals surface area contributed by atoms with Gasteiger partial charge in [-0.3, -0.25) is 14.2 Å². The highest BCUT2D eigenvalue weighted by atomic mass is 35.5. The Labute approximate surface area is 170 Å². The molecular formula is C21H16ClN3O2S. The normalized spacial score (nSPS) is 10.9. The molecule has 0 saturated heterocycles. The lowest BCUT2D eigenvalue weighted by atomic mass is 10.1. The number of thiophene rings is 1. The summed E-state index contributed by atoms with van der Waals surface area (Å²) in [4.78, 5) is 29.6. The summed E-state index contributed by atoms with van der Waals surface area (Å²) in [6.07, 6.45) is 1.42. The molecule has 140 valence electrons. The minimum Gasteiger partial charge on any atom is -0.323 e. The fourth-order valence-corrected chi connectivity index (χ4v) is 4.06. The first-order valence-corrected chi connectivity index (χ1v) is 9.87. The summed E-state index contributed by atoms with van der Waals surface area (Å²) in [5, 5.41) is 5.09. The van der Waals surface area contributed by atoms with Crippen LogP contribution < -0.4 is 10.9 Å². The molecule has 7 heteroatoms. The van der Waals surface area contributed by atoms with E-state index in [2.05, 4.69) is 10.3 Å². The first-order valence-electron chi connectivity index (χ1n) is 8.61. The predicted molar refractivity (Wildman–Crippen MR) is 114 cm³/mol. The van der Waals surface area contributed by atoms with E-state index in [4.69, 9.17) is 11.6 Å². The van der Waals surface area contributed by atoms with Crippen LogP contribution in [0, 0.1) is 6.92 Å². The number of hydrogen-bond acceptors (Lipinski definition) is 4. The summed E-state index contributed by atoms with van der Waals surface area (Å²) >= 11 is 7.40. The quantitative estimate of drug-likeness (QED) is 0.530. The van der Waals surface area contributed by atoms with E-state index < -0.39 is 0 Å². The van der Waals surface area contributed by atoms with Gasteiger partial charge in [-0.1, -0.05) is 53.6 Å². The summed E-state index contributed by atoms with van der Waals surface area (Å²) in [5.74, 6) is -0.341. The zero-order valence-electron chi connectivity index (χ0n) is 15.0. The van der Waals surface area contributed by atoms with Crippen molar-refractivity contribution in [3.05, 3.63) is 81.2 Å². The van der Waals surface area contributed by atoms with Crippen molar-refractivity contribution in [3.8, 4) is 11.1 Å². The lowest BCUT2D eigenvalue weighted by Crippen LogP contribution is -2.27. The molecular weight excluding hydrogens is 394 g/mol. The van der Waals surface area contributed by atoms with Crippen LogP contribution in [-0.4, -0.2) is 15.5 Å². The van der Waals surface area contributed by atoms with E-state index in [-0.39, 0.29) is 18.0 Å². The Morgan fingerprint density at radius 3 is 2.68 bits per heavy atom. The molecule has 0 spiro atoms. The summed E-state index contributed by atoms with van der Waals surface area (Å²) in [6.45, 7) is 1.89. The molecule has 0 bridgehead atoms. The van der Waals surface area contributed by atoms with Gasteiger partial charge in [-0.25, -0.2) is 4.98 Å². The molecule has 0 aliphatic carbocycles. The van der Waals surface area contributed by atoms with Crippen LogP contribution in [0.4, 0.5) is 5.69 Å². The second-order valence-electron chi connectivity index (χ2n) is 6.40. The number of aryl methyl sites for hydroxylation is 1. The van der Waals surface area contributed by atoms with E-state index in [0.717, 1.165) is 11.1 Å². The molecule has 0 aliphatic heterocycles. The molecule has 28 heavy (non-hydrogen) atoms. The van der Waals surface area contributed by atoms with Crippen LogP contribution in [0.5, 0.6) is 0 Å². The third-order valence-corrected chi connectivity index (χ3v) is 5.66. The highest BCUT2D eigenvalue weighted by Gasteiger charge is 2.14. The smallest absolute Gasteiger partial charge is 0.271 e. The molecule has 1 amide bonds. The number of carbonyl (C=O) groups is 1. The number of halogens is 1. The predicted octanol–water partition coefficient (Wildman–Crippen LogP) is 4.73. The highest BCUT2D eigenvalue weighted by Crippen LogP contribution is 2.30. The van der Waals surface area contributed by atoms with Crippen molar-refractivity contribution in [2.24, 2.45) is 0 Å². The van der Waals surface area contributed by atoms with Crippen molar-refractivity contribution in [3.63, 3.8) is 0 Å².